The van der Waals surface area contributed by atoms with Crippen LogP contribution in [0.25, 0.3) is 6.08 Å². The predicted molar refractivity (Wildman–Crippen MR) is 121 cm³/mol. The highest BCUT2D eigenvalue weighted by molar-refractivity contribution is 8.04. The third-order valence-corrected chi connectivity index (χ3v) is 6.95. The fraction of sp³-hybridized carbons (Fsp3) is 0.391. The lowest BCUT2D eigenvalue weighted by atomic mass is 10.1. The molecular weight excluding hydrogens is 402 g/mol. The second-order valence-corrected chi connectivity index (χ2v) is 9.10. The van der Waals surface area contributed by atoms with Gasteiger partial charge in [-0.25, -0.2) is 0 Å². The number of hydrogen-bond donors (Lipinski definition) is 0. The third-order valence-electron chi connectivity index (χ3n) is 5.42. The minimum absolute atomic E-state index is 0.0440. The van der Waals surface area contributed by atoms with Crippen LogP contribution in [0, 0.1) is 0 Å². The number of carbonyl (C=O) groups excluding carboxylic acids is 1. The van der Waals surface area contributed by atoms with Gasteiger partial charge in [-0.3, -0.25) is 9.78 Å². The monoisotopic (exact) mass is 427 g/mol. The van der Waals surface area contributed by atoms with Crippen molar-refractivity contribution in [3.05, 3.63) is 69.8 Å². The predicted octanol–water partition coefficient (Wildman–Crippen LogP) is 5.23. The first-order valence-electron chi connectivity index (χ1n) is 10.3. The van der Waals surface area contributed by atoms with E-state index in [9.17, 15) is 4.79 Å². The number of nitrogens with zero attached hydrogens (tertiary/aromatic N) is 3. The van der Waals surface area contributed by atoms with E-state index < -0.39 is 0 Å². The van der Waals surface area contributed by atoms with Crippen molar-refractivity contribution >= 4 is 35.3 Å². The molecule has 2 aliphatic heterocycles. The summed E-state index contributed by atoms with van der Waals surface area (Å²) in [6.07, 6.45) is 8.56. The normalized spacial score (nSPS) is 21.8. The summed E-state index contributed by atoms with van der Waals surface area (Å²) < 4.78 is 0. The van der Waals surface area contributed by atoms with Crippen LogP contribution >= 0.6 is 23.4 Å². The molecule has 6 heteroatoms. The lowest BCUT2D eigenvalue weighted by Crippen LogP contribution is -2.34. The van der Waals surface area contributed by atoms with Gasteiger partial charge >= 0.3 is 0 Å². The second-order valence-electron chi connectivity index (χ2n) is 7.54. The molecule has 29 heavy (non-hydrogen) atoms. The maximum Gasteiger partial charge on any atom is 0.261 e. The molecule has 0 aliphatic carbocycles. The van der Waals surface area contributed by atoms with Gasteiger partial charge in [-0.1, -0.05) is 48.0 Å². The van der Waals surface area contributed by atoms with Crippen LogP contribution in [0.15, 0.2) is 53.6 Å². The van der Waals surface area contributed by atoms with Crippen molar-refractivity contribution in [2.24, 2.45) is 0 Å². The number of carbonyl (C=O) groups is 1. The van der Waals surface area contributed by atoms with Crippen molar-refractivity contribution in [3.8, 4) is 0 Å². The highest BCUT2D eigenvalue weighted by atomic mass is 35.5. The number of pyridine rings is 1. The van der Waals surface area contributed by atoms with E-state index in [2.05, 4.69) is 16.0 Å². The van der Waals surface area contributed by atoms with E-state index >= 15 is 0 Å². The Balaban J connectivity index is 1.51. The van der Waals surface area contributed by atoms with Crippen LogP contribution < -0.4 is 0 Å². The standard InChI is InChI=1S/C23H26ClN3OS/c24-19-9-6-8-18(16-19)23-27(15-7-14-26-12-4-1-5-13-26)22(28)21(29-23)17-20-10-2-3-11-25-20/h2-3,6,8-11,16-17,23H,1,4-5,7,12-15H2/b21-17+. The zero-order chi connectivity index (χ0) is 20.1. The largest absolute Gasteiger partial charge is 0.322 e. The SMILES string of the molecule is O=C1/C(=C\c2ccccn2)SC(c2cccc(Cl)c2)N1CCCN1CCCCC1. The number of hydrogen-bond acceptors (Lipinski definition) is 4. The van der Waals surface area contributed by atoms with E-state index in [1.807, 2.05) is 47.4 Å². The Kier molecular flexibility index (Phi) is 6.90. The number of aromatic nitrogens is 1. The molecule has 0 N–H and O–H groups in total. The number of thioether (sulfide) groups is 1. The highest BCUT2D eigenvalue weighted by Gasteiger charge is 2.37. The van der Waals surface area contributed by atoms with E-state index in [4.69, 9.17) is 11.6 Å². The quantitative estimate of drug-likeness (QED) is 0.591. The lowest BCUT2D eigenvalue weighted by molar-refractivity contribution is -0.126. The zero-order valence-corrected chi connectivity index (χ0v) is 18.0. The molecule has 4 rings (SSSR count). The summed E-state index contributed by atoms with van der Waals surface area (Å²) in [6, 6.07) is 13.6. The number of likely N-dealkylation sites (tertiary alicyclic amines) is 1. The van der Waals surface area contributed by atoms with Crippen molar-refractivity contribution in [1.29, 1.82) is 0 Å². The van der Waals surface area contributed by atoms with Gasteiger partial charge in [0.05, 0.1) is 10.6 Å². The molecule has 0 bridgehead atoms. The molecule has 0 spiro atoms. The van der Waals surface area contributed by atoms with Crippen molar-refractivity contribution in [3.63, 3.8) is 0 Å². The summed E-state index contributed by atoms with van der Waals surface area (Å²) in [7, 11) is 0. The van der Waals surface area contributed by atoms with Crippen molar-refractivity contribution in [2.75, 3.05) is 26.2 Å². The van der Waals surface area contributed by atoms with Crippen LogP contribution in [0.1, 0.15) is 42.3 Å². The Morgan fingerprint density at radius 2 is 1.97 bits per heavy atom. The molecule has 4 nitrogen and oxygen atoms in total. The molecule has 1 atom stereocenters. The van der Waals surface area contributed by atoms with Crippen LogP contribution in [0.2, 0.25) is 5.02 Å². The van der Waals surface area contributed by atoms with Gasteiger partial charge in [-0.2, -0.15) is 0 Å². The molecule has 0 saturated carbocycles. The Labute approximate surface area is 181 Å². The molecule has 2 fully saturated rings. The van der Waals surface area contributed by atoms with E-state index in [-0.39, 0.29) is 11.3 Å². The molecule has 2 aliphatic rings. The van der Waals surface area contributed by atoms with Gasteiger partial charge in [0, 0.05) is 17.8 Å². The molecule has 1 aromatic heterocycles. The fourth-order valence-electron chi connectivity index (χ4n) is 3.95. The summed E-state index contributed by atoms with van der Waals surface area (Å²) in [5.41, 5.74) is 1.88. The molecule has 3 heterocycles. The Bertz CT molecular complexity index is 867. The first-order chi connectivity index (χ1) is 14.2. The van der Waals surface area contributed by atoms with Crippen LogP contribution in [-0.4, -0.2) is 46.9 Å². The van der Waals surface area contributed by atoms with Gasteiger partial charge < -0.3 is 9.80 Å². The van der Waals surface area contributed by atoms with Crippen LogP contribution in [0.4, 0.5) is 0 Å². The fourth-order valence-corrected chi connectivity index (χ4v) is 5.41. The molecular formula is C23H26ClN3OS. The number of benzene rings is 1. The maximum atomic E-state index is 13.2. The van der Waals surface area contributed by atoms with E-state index in [0.29, 0.717) is 5.02 Å². The smallest absolute Gasteiger partial charge is 0.261 e. The Morgan fingerprint density at radius 3 is 2.72 bits per heavy atom. The Morgan fingerprint density at radius 1 is 1.10 bits per heavy atom. The lowest BCUT2D eigenvalue weighted by Gasteiger charge is -2.28. The average Bonchev–Trinajstić information content (AvgIpc) is 3.05. The van der Waals surface area contributed by atoms with E-state index in [1.54, 1.807) is 18.0 Å². The number of rotatable bonds is 6. The molecule has 0 radical (unpaired) electrons. The van der Waals surface area contributed by atoms with Gasteiger partial charge in [-0.05, 0) is 74.8 Å². The first-order valence-corrected chi connectivity index (χ1v) is 11.5. The first kappa shape index (κ1) is 20.5. The molecule has 2 saturated heterocycles. The molecule has 1 amide bonds. The van der Waals surface area contributed by atoms with Crippen LogP contribution in [-0.2, 0) is 4.79 Å². The van der Waals surface area contributed by atoms with Crippen molar-refractivity contribution < 1.29 is 4.79 Å². The van der Waals surface area contributed by atoms with Crippen molar-refractivity contribution in [2.45, 2.75) is 31.1 Å². The van der Waals surface area contributed by atoms with Gasteiger partial charge in [0.25, 0.3) is 5.91 Å². The topological polar surface area (TPSA) is 36.4 Å². The number of halogens is 1. The third kappa shape index (κ3) is 5.21. The average molecular weight is 428 g/mol. The summed E-state index contributed by atoms with van der Waals surface area (Å²) >= 11 is 7.83. The summed E-state index contributed by atoms with van der Waals surface area (Å²) in [4.78, 5) is 22.8. The highest BCUT2D eigenvalue weighted by Crippen LogP contribution is 2.46. The summed E-state index contributed by atoms with van der Waals surface area (Å²) in [5.74, 6) is 0.0873. The van der Waals surface area contributed by atoms with E-state index in [1.165, 1.54) is 32.4 Å². The molecule has 2 aromatic rings. The van der Waals surface area contributed by atoms with Crippen LogP contribution in [0.3, 0.4) is 0 Å². The van der Waals surface area contributed by atoms with Gasteiger partial charge in [-0.15, -0.1) is 0 Å². The zero-order valence-electron chi connectivity index (χ0n) is 16.5. The second kappa shape index (κ2) is 9.79. The minimum Gasteiger partial charge on any atom is -0.322 e. The summed E-state index contributed by atoms with van der Waals surface area (Å²) in [5, 5.41) is 0.656. The molecule has 1 unspecified atom stereocenters. The van der Waals surface area contributed by atoms with Gasteiger partial charge in [0.2, 0.25) is 0 Å². The van der Waals surface area contributed by atoms with Gasteiger partial charge in [0.15, 0.2) is 0 Å². The maximum absolute atomic E-state index is 13.2. The molecule has 152 valence electrons. The van der Waals surface area contributed by atoms with E-state index in [0.717, 1.165) is 35.7 Å². The molecule has 1 aromatic carbocycles. The summed E-state index contributed by atoms with van der Waals surface area (Å²) in [6.45, 7) is 4.17. The van der Waals surface area contributed by atoms with Gasteiger partial charge in [0.1, 0.15) is 5.37 Å². The minimum atomic E-state index is -0.0440. The Hall–Kier alpha value is -1.82. The number of amides is 1. The number of piperidine rings is 1. The van der Waals surface area contributed by atoms with Crippen LogP contribution in [0.5, 0.6) is 0 Å². The van der Waals surface area contributed by atoms with Crippen molar-refractivity contribution in [1.82, 2.24) is 14.8 Å².